The van der Waals surface area contributed by atoms with Crippen LogP contribution in [0.3, 0.4) is 0 Å². The Morgan fingerprint density at radius 1 is 1.47 bits per heavy atom. The maximum Gasteiger partial charge on any atom is 0.339 e. The third kappa shape index (κ3) is 2.51. The van der Waals surface area contributed by atoms with E-state index in [9.17, 15) is 4.79 Å². The van der Waals surface area contributed by atoms with Gasteiger partial charge in [0.1, 0.15) is 0 Å². The second-order valence-corrected chi connectivity index (χ2v) is 3.42. The molecule has 0 saturated heterocycles. The topological polar surface area (TPSA) is 26.3 Å². The van der Waals surface area contributed by atoms with Gasteiger partial charge in [0, 0.05) is 5.56 Å². The fraction of sp³-hybridized carbons (Fsp3) is 0.250. The van der Waals surface area contributed by atoms with Gasteiger partial charge in [0.25, 0.3) is 0 Å². The molecule has 0 N–H and O–H groups in total. The second-order valence-electron chi connectivity index (χ2n) is 3.02. The fourth-order valence-corrected chi connectivity index (χ4v) is 1.66. The zero-order chi connectivity index (χ0) is 11.4. The first-order valence-corrected chi connectivity index (χ1v) is 4.79. The van der Waals surface area contributed by atoms with Crippen molar-refractivity contribution in [3.8, 4) is 11.8 Å². The Labute approximate surface area is 94.2 Å². The molecule has 0 aliphatic heterocycles. The molecule has 1 rings (SSSR count). The summed E-state index contributed by atoms with van der Waals surface area (Å²) in [4.78, 5) is 11.4. The highest BCUT2D eigenvalue weighted by Crippen LogP contribution is 2.22. The minimum Gasteiger partial charge on any atom is -0.465 e. The van der Waals surface area contributed by atoms with Crippen molar-refractivity contribution in [2.75, 3.05) is 7.11 Å². The van der Waals surface area contributed by atoms with Gasteiger partial charge in [-0.3, -0.25) is 0 Å². The smallest absolute Gasteiger partial charge is 0.339 e. The van der Waals surface area contributed by atoms with Crippen LogP contribution in [-0.4, -0.2) is 13.1 Å². The second kappa shape index (κ2) is 4.86. The maximum atomic E-state index is 11.4. The van der Waals surface area contributed by atoms with Gasteiger partial charge in [-0.25, -0.2) is 4.79 Å². The zero-order valence-electron chi connectivity index (χ0n) is 8.85. The highest BCUT2D eigenvalue weighted by Gasteiger charge is 2.14. The molecule has 0 bridgehead atoms. The van der Waals surface area contributed by atoms with Gasteiger partial charge in [-0.1, -0.05) is 17.5 Å². The Kier molecular flexibility index (Phi) is 3.76. The molecule has 0 saturated carbocycles. The van der Waals surface area contributed by atoms with Crippen molar-refractivity contribution in [2.24, 2.45) is 0 Å². The number of ether oxygens (including phenoxy) is 1. The predicted octanol–water partition coefficient (Wildman–Crippen LogP) is 2.81. The lowest BCUT2D eigenvalue weighted by atomic mass is 10.1. The number of carbonyl (C=O) groups excluding carboxylic acids is 1. The molecule has 0 unspecified atom stereocenters. The van der Waals surface area contributed by atoms with Crippen LogP contribution in [0.5, 0.6) is 0 Å². The van der Waals surface area contributed by atoms with Crippen molar-refractivity contribution in [1.82, 2.24) is 0 Å². The van der Waals surface area contributed by atoms with Gasteiger partial charge in [-0.2, -0.15) is 0 Å². The summed E-state index contributed by atoms with van der Waals surface area (Å²) in [5.41, 5.74) is 1.97. The summed E-state index contributed by atoms with van der Waals surface area (Å²) in [6.45, 7) is 3.55. The van der Waals surface area contributed by atoms with Gasteiger partial charge in [-0.05, 0) is 31.5 Å². The molecule has 15 heavy (non-hydrogen) atoms. The summed E-state index contributed by atoms with van der Waals surface area (Å²) in [5.74, 6) is 5.24. The maximum absolute atomic E-state index is 11.4. The van der Waals surface area contributed by atoms with E-state index >= 15 is 0 Å². The number of methoxy groups -OCH3 is 1. The number of rotatable bonds is 1. The summed E-state index contributed by atoms with van der Waals surface area (Å²) >= 11 is 5.98. The molecule has 3 heteroatoms. The Morgan fingerprint density at radius 3 is 2.60 bits per heavy atom. The van der Waals surface area contributed by atoms with E-state index < -0.39 is 5.97 Å². The molecular weight excluding hydrogens is 212 g/mol. The number of carbonyl (C=O) groups is 1. The molecule has 0 amide bonds. The van der Waals surface area contributed by atoms with E-state index in [-0.39, 0.29) is 0 Å². The van der Waals surface area contributed by atoms with Crippen LogP contribution in [0, 0.1) is 18.8 Å². The van der Waals surface area contributed by atoms with E-state index in [0.717, 1.165) is 11.1 Å². The first-order valence-electron chi connectivity index (χ1n) is 4.41. The molecule has 0 radical (unpaired) electrons. The number of aryl methyl sites for hydroxylation is 1. The van der Waals surface area contributed by atoms with Crippen LogP contribution in [0.4, 0.5) is 0 Å². The molecule has 1 aromatic carbocycles. The van der Waals surface area contributed by atoms with E-state index in [1.165, 1.54) is 7.11 Å². The van der Waals surface area contributed by atoms with Gasteiger partial charge >= 0.3 is 5.97 Å². The van der Waals surface area contributed by atoms with Crippen LogP contribution in [0.15, 0.2) is 12.1 Å². The van der Waals surface area contributed by atoms with Crippen molar-refractivity contribution >= 4 is 17.6 Å². The zero-order valence-corrected chi connectivity index (χ0v) is 9.61. The highest BCUT2D eigenvalue weighted by molar-refractivity contribution is 6.33. The molecule has 0 aliphatic carbocycles. The Morgan fingerprint density at radius 2 is 2.13 bits per heavy atom. The van der Waals surface area contributed by atoms with Crippen molar-refractivity contribution < 1.29 is 9.53 Å². The predicted molar refractivity (Wildman–Crippen MR) is 60.1 cm³/mol. The molecule has 0 aliphatic rings. The number of hydrogen-bond acceptors (Lipinski definition) is 2. The van der Waals surface area contributed by atoms with E-state index in [1.807, 2.05) is 6.07 Å². The van der Waals surface area contributed by atoms with Crippen LogP contribution in [0.1, 0.15) is 28.4 Å². The summed E-state index contributed by atoms with van der Waals surface area (Å²) in [6, 6.07) is 3.48. The largest absolute Gasteiger partial charge is 0.465 e. The van der Waals surface area contributed by atoms with Crippen LogP contribution >= 0.6 is 11.6 Å². The first-order chi connectivity index (χ1) is 7.10. The number of hydrogen-bond donors (Lipinski definition) is 0. The molecular formula is C12H11ClO2. The monoisotopic (exact) mass is 222 g/mol. The SMILES string of the molecule is CC#Cc1cc(C)c(C(=O)OC)c(Cl)c1. The van der Waals surface area contributed by atoms with Gasteiger partial charge in [-0.15, -0.1) is 5.92 Å². The van der Waals surface area contributed by atoms with Gasteiger partial charge < -0.3 is 4.74 Å². The van der Waals surface area contributed by atoms with E-state index in [4.69, 9.17) is 11.6 Å². The summed E-state index contributed by atoms with van der Waals surface area (Å²) < 4.78 is 4.64. The van der Waals surface area contributed by atoms with Crippen molar-refractivity contribution in [3.05, 3.63) is 33.8 Å². The first kappa shape index (κ1) is 11.6. The number of esters is 1. The van der Waals surface area contributed by atoms with E-state index in [2.05, 4.69) is 16.6 Å². The molecule has 0 fully saturated rings. The lowest BCUT2D eigenvalue weighted by Gasteiger charge is -2.06. The standard InChI is InChI=1S/C12H11ClO2/c1-4-5-9-6-8(2)11(10(13)7-9)12(14)15-3/h6-7H,1-3H3. The molecule has 78 valence electrons. The molecule has 0 heterocycles. The number of benzene rings is 1. The summed E-state index contributed by atoms with van der Waals surface area (Å²) in [5, 5.41) is 0.375. The molecule has 0 atom stereocenters. The molecule has 1 aromatic rings. The molecule has 0 aromatic heterocycles. The van der Waals surface area contributed by atoms with Crippen molar-refractivity contribution in [1.29, 1.82) is 0 Å². The van der Waals surface area contributed by atoms with Crippen LogP contribution in [0.2, 0.25) is 5.02 Å². The molecule has 0 spiro atoms. The Hall–Kier alpha value is -1.46. The fourth-order valence-electron chi connectivity index (χ4n) is 1.32. The van der Waals surface area contributed by atoms with Crippen molar-refractivity contribution in [2.45, 2.75) is 13.8 Å². The van der Waals surface area contributed by atoms with Gasteiger partial charge in [0.2, 0.25) is 0 Å². The van der Waals surface area contributed by atoms with E-state index in [1.54, 1.807) is 19.9 Å². The highest BCUT2D eigenvalue weighted by atomic mass is 35.5. The Bertz CT molecular complexity index is 429. The summed E-state index contributed by atoms with van der Waals surface area (Å²) in [6.07, 6.45) is 0. The van der Waals surface area contributed by atoms with Crippen LogP contribution < -0.4 is 0 Å². The van der Waals surface area contributed by atoms with Gasteiger partial charge in [0.05, 0.1) is 17.7 Å². The lowest BCUT2D eigenvalue weighted by molar-refractivity contribution is 0.0600. The third-order valence-electron chi connectivity index (χ3n) is 1.95. The average molecular weight is 223 g/mol. The minimum atomic E-state index is -0.423. The lowest BCUT2D eigenvalue weighted by Crippen LogP contribution is -2.05. The normalized spacial score (nSPS) is 9.07. The quantitative estimate of drug-likeness (QED) is 0.540. The third-order valence-corrected chi connectivity index (χ3v) is 2.24. The van der Waals surface area contributed by atoms with Gasteiger partial charge in [0.15, 0.2) is 0 Å². The van der Waals surface area contributed by atoms with Crippen molar-refractivity contribution in [3.63, 3.8) is 0 Å². The number of halogens is 1. The minimum absolute atomic E-state index is 0.375. The van der Waals surface area contributed by atoms with E-state index in [0.29, 0.717) is 10.6 Å². The summed E-state index contributed by atoms with van der Waals surface area (Å²) in [7, 11) is 1.33. The van der Waals surface area contributed by atoms with Crippen LogP contribution in [-0.2, 0) is 4.74 Å². The van der Waals surface area contributed by atoms with Crippen LogP contribution in [0.25, 0.3) is 0 Å². The molecule has 2 nitrogen and oxygen atoms in total. The average Bonchev–Trinajstić information content (AvgIpc) is 2.16. The Balaban J connectivity index is 3.31.